The molecule has 5 unspecified atom stereocenters. The highest BCUT2D eigenvalue weighted by molar-refractivity contribution is 5.94. The van der Waals surface area contributed by atoms with Gasteiger partial charge in [0.1, 0.15) is 23.9 Å². The molecule has 5 atom stereocenters. The van der Waals surface area contributed by atoms with Crippen molar-refractivity contribution in [2.24, 2.45) is 23.5 Å². The molecule has 0 radical (unpaired) electrons. The van der Waals surface area contributed by atoms with Gasteiger partial charge in [-0.2, -0.15) is 0 Å². The summed E-state index contributed by atoms with van der Waals surface area (Å²) in [5.41, 5.74) is 6.61. The predicted octanol–water partition coefficient (Wildman–Crippen LogP) is 1.16. The van der Waals surface area contributed by atoms with Crippen LogP contribution in [0, 0.1) is 17.8 Å². The van der Waals surface area contributed by atoms with E-state index in [1.165, 1.54) is 12.1 Å². The quantitative estimate of drug-likeness (QED) is 0.240. The number of carboxylic acid groups (broad SMARTS) is 1. The summed E-state index contributed by atoms with van der Waals surface area (Å²) in [5.74, 6) is -3.53. The van der Waals surface area contributed by atoms with Crippen LogP contribution in [-0.2, 0) is 25.6 Å². The Balaban J connectivity index is 2.96. The summed E-state index contributed by atoms with van der Waals surface area (Å²) in [6, 6.07) is 2.05. The monoisotopic (exact) mass is 492 g/mol. The standard InChI is InChI=1S/C25H40N4O6/c1-7-15(6)19(26)22(31)28-21(14(4)5)24(33)29-20(13(2)3)23(32)27-18(25(34)35)12-16-8-10-17(30)11-9-16/h8-11,13-15,18-21,30H,7,12,26H2,1-6H3,(H,27,32)(H,28,31)(H,29,33)(H,34,35). The van der Waals surface area contributed by atoms with E-state index in [2.05, 4.69) is 16.0 Å². The number of carbonyl (C=O) groups is 4. The van der Waals surface area contributed by atoms with Crippen molar-refractivity contribution in [3.63, 3.8) is 0 Å². The summed E-state index contributed by atoms with van der Waals surface area (Å²) in [6.45, 7) is 10.8. The summed E-state index contributed by atoms with van der Waals surface area (Å²) in [5, 5.41) is 26.9. The fourth-order valence-electron chi connectivity index (χ4n) is 3.40. The summed E-state index contributed by atoms with van der Waals surface area (Å²) < 4.78 is 0. The average Bonchev–Trinajstić information content (AvgIpc) is 2.79. The van der Waals surface area contributed by atoms with Crippen LogP contribution in [-0.4, -0.2) is 58.1 Å². The lowest BCUT2D eigenvalue weighted by atomic mass is 9.96. The third-order valence-corrected chi connectivity index (χ3v) is 6.04. The van der Waals surface area contributed by atoms with Gasteiger partial charge < -0.3 is 31.9 Å². The molecule has 7 N–H and O–H groups in total. The molecule has 10 heteroatoms. The van der Waals surface area contributed by atoms with Crippen molar-refractivity contribution in [2.75, 3.05) is 0 Å². The third-order valence-electron chi connectivity index (χ3n) is 6.04. The first kappa shape index (κ1) is 29.9. The third kappa shape index (κ3) is 9.20. The van der Waals surface area contributed by atoms with Crippen molar-refractivity contribution in [1.82, 2.24) is 16.0 Å². The van der Waals surface area contributed by atoms with E-state index in [1.807, 2.05) is 13.8 Å². The molecule has 3 amide bonds. The largest absolute Gasteiger partial charge is 0.508 e. The van der Waals surface area contributed by atoms with E-state index >= 15 is 0 Å². The van der Waals surface area contributed by atoms with Gasteiger partial charge in [-0.25, -0.2) is 4.79 Å². The Bertz CT molecular complexity index is 871. The van der Waals surface area contributed by atoms with E-state index in [4.69, 9.17) is 5.73 Å². The average molecular weight is 493 g/mol. The zero-order chi connectivity index (χ0) is 26.9. The van der Waals surface area contributed by atoms with Crippen LogP contribution in [0.5, 0.6) is 5.75 Å². The van der Waals surface area contributed by atoms with Crippen LogP contribution < -0.4 is 21.7 Å². The Morgan fingerprint density at radius 1 is 0.829 bits per heavy atom. The van der Waals surface area contributed by atoms with Crippen molar-refractivity contribution < 1.29 is 29.4 Å². The van der Waals surface area contributed by atoms with Crippen molar-refractivity contribution in [1.29, 1.82) is 0 Å². The molecule has 0 saturated heterocycles. The number of nitrogens with one attached hydrogen (secondary N) is 3. The van der Waals surface area contributed by atoms with E-state index < -0.39 is 47.9 Å². The molecule has 196 valence electrons. The Morgan fingerprint density at radius 2 is 1.29 bits per heavy atom. The van der Waals surface area contributed by atoms with Gasteiger partial charge in [-0.05, 0) is 35.4 Å². The van der Waals surface area contributed by atoms with Crippen LogP contribution in [0.25, 0.3) is 0 Å². The molecule has 1 aromatic carbocycles. The molecule has 1 aromatic rings. The summed E-state index contributed by atoms with van der Waals surface area (Å²) in [4.78, 5) is 50.4. The molecule has 0 aromatic heterocycles. The number of nitrogens with two attached hydrogens (primary N) is 1. The SMILES string of the molecule is CCC(C)C(N)C(=O)NC(C(=O)NC(C(=O)NC(Cc1ccc(O)cc1)C(=O)O)C(C)C)C(C)C. The molecular formula is C25H40N4O6. The fraction of sp³-hybridized carbons (Fsp3) is 0.600. The van der Waals surface area contributed by atoms with Crippen LogP contribution in [0.2, 0.25) is 0 Å². The number of phenolic OH excluding ortho intramolecular Hbond substituents is 1. The number of aliphatic carboxylic acids is 1. The lowest BCUT2D eigenvalue weighted by molar-refractivity contribution is -0.142. The first-order valence-corrected chi connectivity index (χ1v) is 12.0. The molecule has 0 fully saturated rings. The number of carboxylic acids is 1. The van der Waals surface area contributed by atoms with Crippen LogP contribution in [0.1, 0.15) is 53.5 Å². The van der Waals surface area contributed by atoms with Gasteiger partial charge in [0, 0.05) is 6.42 Å². The smallest absolute Gasteiger partial charge is 0.326 e. The van der Waals surface area contributed by atoms with Gasteiger partial charge in [0.05, 0.1) is 6.04 Å². The number of hydrogen-bond acceptors (Lipinski definition) is 6. The molecule has 0 aliphatic carbocycles. The molecule has 1 rings (SSSR count). The lowest BCUT2D eigenvalue weighted by Crippen LogP contribution is -2.60. The van der Waals surface area contributed by atoms with E-state index in [-0.39, 0.29) is 29.9 Å². The molecule has 10 nitrogen and oxygen atoms in total. The predicted molar refractivity (Wildman–Crippen MR) is 132 cm³/mol. The summed E-state index contributed by atoms with van der Waals surface area (Å²) in [7, 11) is 0. The van der Waals surface area contributed by atoms with Gasteiger partial charge in [-0.3, -0.25) is 14.4 Å². The maximum atomic E-state index is 13.1. The minimum atomic E-state index is -1.24. The number of amides is 3. The highest BCUT2D eigenvalue weighted by atomic mass is 16.4. The normalized spacial score (nSPS) is 15.6. The van der Waals surface area contributed by atoms with Crippen LogP contribution >= 0.6 is 0 Å². The number of carbonyl (C=O) groups excluding carboxylic acids is 3. The fourth-order valence-corrected chi connectivity index (χ4v) is 3.40. The first-order chi connectivity index (χ1) is 16.3. The first-order valence-electron chi connectivity index (χ1n) is 12.0. The van der Waals surface area contributed by atoms with Gasteiger partial charge in [0.2, 0.25) is 17.7 Å². The van der Waals surface area contributed by atoms with Crippen molar-refractivity contribution in [2.45, 2.75) is 78.6 Å². The number of rotatable bonds is 13. The molecule has 0 aliphatic heterocycles. The Labute approximate surface area is 207 Å². The van der Waals surface area contributed by atoms with Crippen LogP contribution in [0.4, 0.5) is 0 Å². The minimum Gasteiger partial charge on any atom is -0.508 e. The number of hydrogen-bond donors (Lipinski definition) is 6. The van der Waals surface area contributed by atoms with Crippen molar-refractivity contribution in [3.05, 3.63) is 29.8 Å². The topological polar surface area (TPSA) is 171 Å². The number of aromatic hydroxyl groups is 1. The molecule has 0 heterocycles. The van der Waals surface area contributed by atoms with E-state index in [0.29, 0.717) is 12.0 Å². The second kappa shape index (κ2) is 13.7. The van der Waals surface area contributed by atoms with Gasteiger partial charge in [-0.1, -0.05) is 60.1 Å². The van der Waals surface area contributed by atoms with Crippen molar-refractivity contribution in [3.8, 4) is 5.75 Å². The summed E-state index contributed by atoms with van der Waals surface area (Å²) in [6.07, 6.45) is 0.704. The molecule has 0 saturated carbocycles. The lowest BCUT2D eigenvalue weighted by Gasteiger charge is -2.29. The zero-order valence-electron chi connectivity index (χ0n) is 21.4. The molecule has 0 bridgehead atoms. The maximum Gasteiger partial charge on any atom is 0.326 e. The second-order valence-corrected chi connectivity index (χ2v) is 9.64. The zero-order valence-corrected chi connectivity index (χ0v) is 21.4. The summed E-state index contributed by atoms with van der Waals surface area (Å²) >= 11 is 0. The number of benzene rings is 1. The second-order valence-electron chi connectivity index (χ2n) is 9.64. The molecular weight excluding hydrogens is 452 g/mol. The molecule has 0 spiro atoms. The van der Waals surface area contributed by atoms with Gasteiger partial charge in [0.25, 0.3) is 0 Å². The van der Waals surface area contributed by atoms with Gasteiger partial charge >= 0.3 is 5.97 Å². The highest BCUT2D eigenvalue weighted by Crippen LogP contribution is 2.13. The minimum absolute atomic E-state index is 0.00169. The van der Waals surface area contributed by atoms with Crippen molar-refractivity contribution >= 4 is 23.7 Å². The maximum absolute atomic E-state index is 13.1. The van der Waals surface area contributed by atoms with Gasteiger partial charge in [0.15, 0.2) is 0 Å². The van der Waals surface area contributed by atoms with Gasteiger partial charge in [-0.15, -0.1) is 0 Å². The number of phenols is 1. The Kier molecular flexibility index (Phi) is 11.7. The Morgan fingerprint density at radius 3 is 1.71 bits per heavy atom. The Hall–Kier alpha value is -3.14. The van der Waals surface area contributed by atoms with E-state index in [0.717, 1.165) is 0 Å². The highest BCUT2D eigenvalue weighted by Gasteiger charge is 2.33. The molecule has 35 heavy (non-hydrogen) atoms. The van der Waals surface area contributed by atoms with E-state index in [1.54, 1.807) is 39.8 Å². The van der Waals surface area contributed by atoms with Crippen LogP contribution in [0.3, 0.4) is 0 Å². The van der Waals surface area contributed by atoms with E-state index in [9.17, 15) is 29.4 Å². The molecule has 0 aliphatic rings. The van der Waals surface area contributed by atoms with Crippen LogP contribution in [0.15, 0.2) is 24.3 Å².